The van der Waals surface area contributed by atoms with E-state index < -0.39 is 0 Å². The van der Waals surface area contributed by atoms with Gasteiger partial charge >= 0.3 is 0 Å². The zero-order valence-corrected chi connectivity index (χ0v) is 10.6. The highest BCUT2D eigenvalue weighted by Crippen LogP contribution is 2.18. The van der Waals surface area contributed by atoms with Crippen molar-refractivity contribution in [1.29, 1.82) is 0 Å². The molecule has 0 saturated heterocycles. The fourth-order valence-electron chi connectivity index (χ4n) is 1.57. The lowest BCUT2D eigenvalue weighted by atomic mass is 10.1. The van der Waals surface area contributed by atoms with E-state index in [0.29, 0.717) is 0 Å². The maximum Gasteiger partial charge on any atom is 0.119 e. The fourth-order valence-corrected chi connectivity index (χ4v) is 1.57. The molecule has 1 heteroatoms. The molecular formula is C15H22O. The Kier molecular flexibility index (Phi) is 5.69. The second-order valence-corrected chi connectivity index (χ2v) is 4.02. The second-order valence-electron chi connectivity index (χ2n) is 4.02. The van der Waals surface area contributed by atoms with E-state index in [2.05, 4.69) is 51.1 Å². The lowest BCUT2D eigenvalue weighted by molar-refractivity contribution is 0.309. The molecule has 16 heavy (non-hydrogen) atoms. The molecule has 0 aliphatic heterocycles. The number of ether oxygens (including phenoxy) is 1. The summed E-state index contributed by atoms with van der Waals surface area (Å²) >= 11 is 0. The Bertz CT molecular complexity index is 322. The van der Waals surface area contributed by atoms with Gasteiger partial charge in [-0.25, -0.2) is 0 Å². The average molecular weight is 218 g/mol. The summed E-state index contributed by atoms with van der Waals surface area (Å²) in [5.74, 6) is 0.974. The van der Waals surface area contributed by atoms with Crippen LogP contribution in [0.1, 0.15) is 45.6 Å². The Labute approximate surface area is 99.1 Å². The van der Waals surface area contributed by atoms with Crippen molar-refractivity contribution in [3.8, 4) is 5.75 Å². The van der Waals surface area contributed by atoms with E-state index in [-0.39, 0.29) is 0 Å². The third-order valence-corrected chi connectivity index (χ3v) is 2.59. The van der Waals surface area contributed by atoms with Gasteiger partial charge in [-0.3, -0.25) is 0 Å². The number of hydrogen-bond acceptors (Lipinski definition) is 1. The van der Waals surface area contributed by atoms with E-state index in [1.54, 1.807) is 0 Å². The van der Waals surface area contributed by atoms with Crippen molar-refractivity contribution in [2.75, 3.05) is 6.61 Å². The first-order valence-corrected chi connectivity index (χ1v) is 6.18. The van der Waals surface area contributed by atoms with E-state index in [0.717, 1.165) is 25.2 Å². The number of rotatable bonds is 6. The Balaban J connectivity index is 2.57. The molecule has 1 rings (SSSR count). The van der Waals surface area contributed by atoms with Crippen molar-refractivity contribution in [3.05, 3.63) is 35.9 Å². The molecule has 0 heterocycles. The number of benzene rings is 1. The van der Waals surface area contributed by atoms with Crippen molar-refractivity contribution in [2.24, 2.45) is 0 Å². The lowest BCUT2D eigenvalue weighted by Gasteiger charge is -2.06. The zero-order valence-electron chi connectivity index (χ0n) is 10.6. The summed E-state index contributed by atoms with van der Waals surface area (Å²) in [6.07, 6.45) is 5.63. The first kappa shape index (κ1) is 12.8. The summed E-state index contributed by atoms with van der Waals surface area (Å²) in [4.78, 5) is 0. The van der Waals surface area contributed by atoms with Gasteiger partial charge in [0.05, 0.1) is 6.61 Å². The van der Waals surface area contributed by atoms with Gasteiger partial charge in [0.2, 0.25) is 0 Å². The summed E-state index contributed by atoms with van der Waals surface area (Å²) in [6, 6.07) is 8.36. The largest absolute Gasteiger partial charge is 0.494 e. The smallest absolute Gasteiger partial charge is 0.119 e. The summed E-state index contributed by atoms with van der Waals surface area (Å²) in [5.41, 5.74) is 2.62. The first-order valence-electron chi connectivity index (χ1n) is 6.18. The van der Waals surface area contributed by atoms with E-state index in [1.165, 1.54) is 17.6 Å². The standard InChI is InChI=1S/C15H22O/c1-4-6-12-16-15-10-8-14(9-11-15)13(3)7-5-2/h7-11H,4-6,12H2,1-3H3/b13-7+. The highest BCUT2D eigenvalue weighted by Gasteiger charge is 1.96. The minimum Gasteiger partial charge on any atom is -0.494 e. The van der Waals surface area contributed by atoms with Crippen LogP contribution in [0.5, 0.6) is 5.75 Å². The molecule has 0 unspecified atom stereocenters. The van der Waals surface area contributed by atoms with Crippen molar-refractivity contribution in [2.45, 2.75) is 40.0 Å². The minimum absolute atomic E-state index is 0.819. The topological polar surface area (TPSA) is 9.23 Å². The van der Waals surface area contributed by atoms with Gasteiger partial charge in [-0.2, -0.15) is 0 Å². The molecular weight excluding hydrogens is 196 g/mol. The summed E-state index contributed by atoms with van der Waals surface area (Å²) < 4.78 is 5.62. The SMILES string of the molecule is CC/C=C(\C)c1ccc(OCCCC)cc1. The molecule has 1 aromatic carbocycles. The van der Waals surface area contributed by atoms with Gasteiger partial charge in [0.1, 0.15) is 5.75 Å². The Morgan fingerprint density at radius 1 is 1.19 bits per heavy atom. The lowest BCUT2D eigenvalue weighted by Crippen LogP contribution is -1.96. The molecule has 88 valence electrons. The zero-order chi connectivity index (χ0) is 11.8. The van der Waals surface area contributed by atoms with E-state index in [1.807, 2.05) is 0 Å². The molecule has 0 atom stereocenters. The van der Waals surface area contributed by atoms with Gasteiger partial charge in [0.15, 0.2) is 0 Å². The number of hydrogen-bond donors (Lipinski definition) is 0. The summed E-state index contributed by atoms with van der Waals surface area (Å²) in [6.45, 7) is 7.30. The average Bonchev–Trinajstić information content (AvgIpc) is 2.30. The monoisotopic (exact) mass is 218 g/mol. The maximum absolute atomic E-state index is 5.62. The third kappa shape index (κ3) is 4.09. The van der Waals surface area contributed by atoms with Gasteiger partial charge in [0, 0.05) is 0 Å². The van der Waals surface area contributed by atoms with Crippen molar-refractivity contribution < 1.29 is 4.74 Å². The van der Waals surface area contributed by atoms with Crippen molar-refractivity contribution in [1.82, 2.24) is 0 Å². The van der Waals surface area contributed by atoms with Gasteiger partial charge in [-0.15, -0.1) is 0 Å². The molecule has 0 fully saturated rings. The molecule has 0 aromatic heterocycles. The Morgan fingerprint density at radius 3 is 2.44 bits per heavy atom. The Hall–Kier alpha value is -1.24. The number of allylic oxidation sites excluding steroid dienone is 2. The van der Waals surface area contributed by atoms with Gasteiger partial charge in [-0.05, 0) is 43.0 Å². The van der Waals surface area contributed by atoms with Crippen LogP contribution < -0.4 is 4.74 Å². The van der Waals surface area contributed by atoms with E-state index in [9.17, 15) is 0 Å². The van der Waals surface area contributed by atoms with Gasteiger partial charge in [-0.1, -0.05) is 38.5 Å². The predicted molar refractivity (Wildman–Crippen MR) is 70.8 cm³/mol. The van der Waals surface area contributed by atoms with E-state index >= 15 is 0 Å². The minimum atomic E-state index is 0.819. The highest BCUT2D eigenvalue weighted by molar-refractivity contribution is 5.64. The van der Waals surface area contributed by atoms with Crippen LogP contribution in [-0.4, -0.2) is 6.61 Å². The molecule has 0 aliphatic rings. The van der Waals surface area contributed by atoms with Crippen LogP contribution in [0.2, 0.25) is 0 Å². The quantitative estimate of drug-likeness (QED) is 0.630. The van der Waals surface area contributed by atoms with Crippen LogP contribution in [0.3, 0.4) is 0 Å². The van der Waals surface area contributed by atoms with Crippen LogP contribution in [0.15, 0.2) is 30.3 Å². The second kappa shape index (κ2) is 7.10. The fraction of sp³-hybridized carbons (Fsp3) is 0.467. The molecule has 0 aliphatic carbocycles. The van der Waals surface area contributed by atoms with Gasteiger partial charge in [0.25, 0.3) is 0 Å². The van der Waals surface area contributed by atoms with Crippen LogP contribution in [0, 0.1) is 0 Å². The molecule has 0 spiro atoms. The molecule has 0 bridgehead atoms. The normalized spacial score (nSPS) is 11.6. The Morgan fingerprint density at radius 2 is 1.88 bits per heavy atom. The summed E-state index contributed by atoms with van der Waals surface area (Å²) in [5, 5.41) is 0. The highest BCUT2D eigenvalue weighted by atomic mass is 16.5. The van der Waals surface area contributed by atoms with Crippen molar-refractivity contribution in [3.63, 3.8) is 0 Å². The molecule has 0 saturated carbocycles. The summed E-state index contributed by atoms with van der Waals surface area (Å²) in [7, 11) is 0. The molecule has 0 radical (unpaired) electrons. The third-order valence-electron chi connectivity index (χ3n) is 2.59. The molecule has 1 nitrogen and oxygen atoms in total. The van der Waals surface area contributed by atoms with Crippen LogP contribution in [0.4, 0.5) is 0 Å². The molecule has 0 amide bonds. The van der Waals surface area contributed by atoms with Crippen LogP contribution >= 0.6 is 0 Å². The van der Waals surface area contributed by atoms with Crippen LogP contribution in [0.25, 0.3) is 5.57 Å². The van der Waals surface area contributed by atoms with E-state index in [4.69, 9.17) is 4.74 Å². The van der Waals surface area contributed by atoms with Crippen molar-refractivity contribution >= 4 is 5.57 Å². The predicted octanol–water partition coefficient (Wildman–Crippen LogP) is 4.68. The van der Waals surface area contributed by atoms with Gasteiger partial charge < -0.3 is 4.74 Å². The number of unbranched alkanes of at least 4 members (excludes halogenated alkanes) is 1. The molecule has 1 aromatic rings. The van der Waals surface area contributed by atoms with Crippen LogP contribution in [-0.2, 0) is 0 Å². The molecule has 0 N–H and O–H groups in total. The maximum atomic E-state index is 5.62. The first-order chi connectivity index (χ1) is 7.77.